The highest BCUT2D eigenvalue weighted by Gasteiger charge is 2.30. The Hall–Kier alpha value is -2.56. The molecule has 5 nitrogen and oxygen atoms in total. The minimum Gasteiger partial charge on any atom is -0.507 e. The van der Waals surface area contributed by atoms with Crippen LogP contribution in [0.2, 0.25) is 0 Å². The van der Waals surface area contributed by atoms with Crippen molar-refractivity contribution in [3.63, 3.8) is 0 Å². The van der Waals surface area contributed by atoms with Crippen LogP contribution in [-0.2, 0) is 0 Å². The molecule has 120 valence electrons. The fourth-order valence-corrected chi connectivity index (χ4v) is 2.95. The molecule has 23 heavy (non-hydrogen) atoms. The number of anilines is 1. The average Bonchev–Trinajstić information content (AvgIpc) is 2.88. The number of allylic oxidation sites excluding steroid dienone is 1. The molecule has 2 N–H and O–H groups in total. The number of nitrogens with zero attached hydrogens (tertiary/aromatic N) is 2. The maximum atomic E-state index is 12.9. The van der Waals surface area contributed by atoms with E-state index in [0.717, 1.165) is 17.9 Å². The molecule has 1 unspecified atom stereocenters. The largest absolute Gasteiger partial charge is 0.507 e. The van der Waals surface area contributed by atoms with Crippen molar-refractivity contribution in [3.05, 3.63) is 53.4 Å². The van der Waals surface area contributed by atoms with Crippen LogP contribution in [0.3, 0.4) is 0 Å². The van der Waals surface area contributed by atoms with Gasteiger partial charge in [-0.05, 0) is 31.4 Å². The van der Waals surface area contributed by atoms with Crippen molar-refractivity contribution in [2.45, 2.75) is 33.2 Å². The second kappa shape index (κ2) is 5.91. The highest BCUT2D eigenvalue weighted by molar-refractivity contribution is 6.11. The van der Waals surface area contributed by atoms with Crippen LogP contribution in [0.5, 0.6) is 5.75 Å². The number of phenolic OH excluding ortho intramolecular Hbond substituents is 1. The minimum atomic E-state index is -0.167. The number of Topliss-reactive ketones (excluding diaryl/α,β-unsaturated/α-hetero) is 1. The van der Waals surface area contributed by atoms with E-state index in [1.807, 2.05) is 17.7 Å². The molecule has 1 atom stereocenters. The lowest BCUT2D eigenvalue weighted by molar-refractivity contribution is 0.101. The summed E-state index contributed by atoms with van der Waals surface area (Å²) in [5.41, 5.74) is 1.85. The zero-order chi connectivity index (χ0) is 16.6. The standard InChI is InChI=1S/C18H21N3O2/c1-11(2)8-15-14(10-19-17-9-12(3)20-21(15)17)18(23)13-6-4-5-7-16(13)22/h4-7,9-11,15,19,22H,8H2,1-3H3. The first-order valence-corrected chi connectivity index (χ1v) is 7.83. The first-order chi connectivity index (χ1) is 11.0. The van der Waals surface area contributed by atoms with Gasteiger partial charge in [0.15, 0.2) is 5.78 Å². The van der Waals surface area contributed by atoms with E-state index in [2.05, 4.69) is 24.3 Å². The Kier molecular flexibility index (Phi) is 3.94. The number of fused-ring (bicyclic) bond motifs is 1. The van der Waals surface area contributed by atoms with Gasteiger partial charge in [0.2, 0.25) is 0 Å². The van der Waals surface area contributed by atoms with Crippen LogP contribution in [-0.4, -0.2) is 20.7 Å². The summed E-state index contributed by atoms with van der Waals surface area (Å²) in [4.78, 5) is 12.9. The molecule has 1 aromatic carbocycles. The van der Waals surface area contributed by atoms with Crippen molar-refractivity contribution >= 4 is 11.6 Å². The number of aromatic nitrogens is 2. The number of hydrogen-bond acceptors (Lipinski definition) is 4. The topological polar surface area (TPSA) is 67.2 Å². The zero-order valence-electron chi connectivity index (χ0n) is 13.6. The third-order valence-electron chi connectivity index (χ3n) is 3.99. The summed E-state index contributed by atoms with van der Waals surface area (Å²) >= 11 is 0. The molecule has 1 aliphatic rings. The maximum Gasteiger partial charge on any atom is 0.196 e. The van der Waals surface area contributed by atoms with Crippen LogP contribution >= 0.6 is 0 Å². The SMILES string of the molecule is Cc1cc2n(n1)C(CC(C)C)C(C(=O)c1ccccc1O)=CN2. The Bertz CT molecular complexity index is 774. The molecular formula is C18H21N3O2. The number of para-hydroxylation sites is 1. The Balaban J connectivity index is 2.01. The molecule has 0 amide bonds. The smallest absolute Gasteiger partial charge is 0.196 e. The van der Waals surface area contributed by atoms with Crippen molar-refractivity contribution in [2.24, 2.45) is 5.92 Å². The number of hydrogen-bond donors (Lipinski definition) is 2. The van der Waals surface area contributed by atoms with E-state index in [0.29, 0.717) is 17.1 Å². The van der Waals surface area contributed by atoms with Crippen molar-refractivity contribution < 1.29 is 9.90 Å². The zero-order valence-corrected chi connectivity index (χ0v) is 13.6. The van der Waals surface area contributed by atoms with Crippen molar-refractivity contribution in [1.82, 2.24) is 9.78 Å². The fourth-order valence-electron chi connectivity index (χ4n) is 2.95. The lowest BCUT2D eigenvalue weighted by Crippen LogP contribution is -2.26. The summed E-state index contributed by atoms with van der Waals surface area (Å²) in [6, 6.07) is 8.47. The molecule has 5 heteroatoms. The Labute approximate surface area is 135 Å². The minimum absolute atomic E-state index is 0.00383. The van der Waals surface area contributed by atoms with Gasteiger partial charge in [0.05, 0.1) is 17.3 Å². The van der Waals surface area contributed by atoms with Crippen LogP contribution in [0.25, 0.3) is 0 Å². The molecule has 0 bridgehead atoms. The van der Waals surface area contributed by atoms with Crippen LogP contribution in [0.15, 0.2) is 42.1 Å². The van der Waals surface area contributed by atoms with Gasteiger partial charge in [-0.3, -0.25) is 4.79 Å². The van der Waals surface area contributed by atoms with Crippen LogP contribution < -0.4 is 5.32 Å². The quantitative estimate of drug-likeness (QED) is 0.845. The summed E-state index contributed by atoms with van der Waals surface area (Å²) in [5, 5.41) is 17.7. The van der Waals surface area contributed by atoms with Crippen LogP contribution in [0, 0.1) is 12.8 Å². The Morgan fingerprint density at radius 2 is 2.13 bits per heavy atom. The summed E-state index contributed by atoms with van der Waals surface area (Å²) < 4.78 is 1.88. The Morgan fingerprint density at radius 1 is 1.39 bits per heavy atom. The van der Waals surface area contributed by atoms with Crippen molar-refractivity contribution in [3.8, 4) is 5.75 Å². The molecule has 0 saturated carbocycles. The van der Waals surface area contributed by atoms with Gasteiger partial charge in [-0.15, -0.1) is 0 Å². The van der Waals surface area contributed by atoms with E-state index in [1.54, 1.807) is 24.4 Å². The third-order valence-corrected chi connectivity index (χ3v) is 3.99. The molecule has 3 rings (SSSR count). The first-order valence-electron chi connectivity index (χ1n) is 7.83. The van der Waals surface area contributed by atoms with Crippen molar-refractivity contribution in [1.29, 1.82) is 0 Å². The van der Waals surface area contributed by atoms with E-state index in [4.69, 9.17) is 0 Å². The van der Waals surface area contributed by atoms with Gasteiger partial charge in [0.1, 0.15) is 11.6 Å². The van der Waals surface area contributed by atoms with E-state index in [1.165, 1.54) is 6.07 Å². The predicted molar refractivity (Wildman–Crippen MR) is 89.6 cm³/mol. The van der Waals surface area contributed by atoms with Gasteiger partial charge < -0.3 is 10.4 Å². The number of benzene rings is 1. The number of ketones is 1. The van der Waals surface area contributed by atoms with Gasteiger partial charge in [0.25, 0.3) is 0 Å². The Morgan fingerprint density at radius 3 is 2.83 bits per heavy atom. The second-order valence-electron chi connectivity index (χ2n) is 6.35. The lowest BCUT2D eigenvalue weighted by Gasteiger charge is -2.27. The van der Waals surface area contributed by atoms with E-state index < -0.39 is 0 Å². The maximum absolute atomic E-state index is 12.9. The number of carbonyl (C=O) groups excluding carboxylic acids is 1. The average molecular weight is 311 g/mol. The monoisotopic (exact) mass is 311 g/mol. The second-order valence-corrected chi connectivity index (χ2v) is 6.35. The molecule has 0 spiro atoms. The molecule has 2 heterocycles. The summed E-state index contributed by atoms with van der Waals surface area (Å²) in [7, 11) is 0. The number of aryl methyl sites for hydroxylation is 1. The van der Waals surface area contributed by atoms with E-state index in [9.17, 15) is 9.90 Å². The molecule has 0 saturated heterocycles. The molecule has 1 aliphatic heterocycles. The highest BCUT2D eigenvalue weighted by Crippen LogP contribution is 2.35. The highest BCUT2D eigenvalue weighted by atomic mass is 16.3. The molecular weight excluding hydrogens is 290 g/mol. The normalized spacial score (nSPS) is 16.7. The molecule has 2 aromatic rings. The number of phenols is 1. The third kappa shape index (κ3) is 2.86. The lowest BCUT2D eigenvalue weighted by atomic mass is 9.91. The summed E-state index contributed by atoms with van der Waals surface area (Å²) in [6.45, 7) is 6.18. The molecule has 1 aromatic heterocycles. The van der Waals surface area contributed by atoms with Crippen LogP contribution in [0.1, 0.15) is 42.4 Å². The van der Waals surface area contributed by atoms with Gasteiger partial charge in [-0.25, -0.2) is 4.68 Å². The number of carbonyl (C=O) groups is 1. The number of nitrogens with one attached hydrogen (secondary N) is 1. The van der Waals surface area contributed by atoms with Gasteiger partial charge in [-0.1, -0.05) is 26.0 Å². The molecule has 0 aliphatic carbocycles. The van der Waals surface area contributed by atoms with E-state index >= 15 is 0 Å². The number of aromatic hydroxyl groups is 1. The molecule has 0 radical (unpaired) electrons. The van der Waals surface area contributed by atoms with Gasteiger partial charge in [-0.2, -0.15) is 5.10 Å². The van der Waals surface area contributed by atoms with Gasteiger partial charge >= 0.3 is 0 Å². The summed E-state index contributed by atoms with van der Waals surface area (Å²) in [5.74, 6) is 1.14. The fraction of sp³-hybridized carbons (Fsp3) is 0.333. The van der Waals surface area contributed by atoms with E-state index in [-0.39, 0.29) is 17.6 Å². The predicted octanol–water partition coefficient (Wildman–Crippen LogP) is 3.68. The summed E-state index contributed by atoms with van der Waals surface area (Å²) in [6.07, 6.45) is 2.55. The number of rotatable bonds is 4. The van der Waals surface area contributed by atoms with Gasteiger partial charge in [0, 0.05) is 17.8 Å². The van der Waals surface area contributed by atoms with Crippen molar-refractivity contribution in [2.75, 3.05) is 5.32 Å². The van der Waals surface area contributed by atoms with Crippen LogP contribution in [0.4, 0.5) is 5.82 Å². The molecule has 0 fully saturated rings. The first kappa shape index (κ1) is 15.3.